The zero-order valence-electron chi connectivity index (χ0n) is 20.7. The van der Waals surface area contributed by atoms with Gasteiger partial charge in [0.2, 0.25) is 23.6 Å². The topological polar surface area (TPSA) is 194 Å². The molecule has 12 heteroatoms. The Hall–Kier alpha value is -3.90. The van der Waals surface area contributed by atoms with E-state index in [0.717, 1.165) is 5.56 Å². The van der Waals surface area contributed by atoms with Gasteiger partial charge in [-0.15, -0.1) is 0 Å². The highest BCUT2D eigenvalue weighted by molar-refractivity contribution is 7.80. The van der Waals surface area contributed by atoms with Gasteiger partial charge in [0.1, 0.15) is 18.1 Å². The fourth-order valence-electron chi connectivity index (χ4n) is 3.58. The number of carboxylic acids is 1. The summed E-state index contributed by atoms with van der Waals surface area (Å²) in [4.78, 5) is 61.8. The molecule has 4 amide bonds. The summed E-state index contributed by atoms with van der Waals surface area (Å²) < 4.78 is 0. The molecule has 204 valence electrons. The van der Waals surface area contributed by atoms with Gasteiger partial charge >= 0.3 is 5.97 Å². The van der Waals surface area contributed by atoms with E-state index in [1.165, 1.54) is 0 Å². The van der Waals surface area contributed by atoms with Gasteiger partial charge in [0.25, 0.3) is 0 Å². The molecule has 0 aromatic heterocycles. The standard InChI is InChI=1S/C26H33N5O6S/c27-18(13-16-7-3-1-4-8-16)23(33)29-19(11-12-22(28)32)24(34)30-20(14-17-9-5-2-6-10-17)25(35)31-21(15-38)26(36)37/h1-10,18-21,38H,11-15,27H2,(H2,28,32)(H,29,33)(H,30,34)(H,31,35)(H,36,37). The Bertz CT molecular complexity index is 1100. The molecule has 0 saturated carbocycles. The molecule has 0 saturated heterocycles. The van der Waals surface area contributed by atoms with E-state index in [0.29, 0.717) is 5.56 Å². The highest BCUT2D eigenvalue weighted by atomic mass is 32.1. The fraction of sp³-hybridized carbons (Fsp3) is 0.346. The molecule has 38 heavy (non-hydrogen) atoms. The van der Waals surface area contributed by atoms with Gasteiger partial charge in [0.15, 0.2) is 0 Å². The number of carbonyl (C=O) groups excluding carboxylic acids is 4. The number of rotatable bonds is 15. The number of nitrogens with one attached hydrogen (secondary N) is 3. The van der Waals surface area contributed by atoms with E-state index < -0.39 is 53.8 Å². The molecular formula is C26H33N5O6S. The van der Waals surface area contributed by atoms with Crippen molar-refractivity contribution in [3.63, 3.8) is 0 Å². The molecule has 2 aromatic carbocycles. The van der Waals surface area contributed by atoms with E-state index in [4.69, 9.17) is 11.5 Å². The van der Waals surface area contributed by atoms with Gasteiger partial charge in [0, 0.05) is 18.6 Å². The van der Waals surface area contributed by atoms with Crippen LogP contribution in [0.5, 0.6) is 0 Å². The van der Waals surface area contributed by atoms with Crippen LogP contribution in [0, 0.1) is 0 Å². The molecular weight excluding hydrogens is 510 g/mol. The molecule has 4 unspecified atom stereocenters. The number of amides is 4. The van der Waals surface area contributed by atoms with Crippen LogP contribution >= 0.6 is 12.6 Å². The molecule has 2 aromatic rings. The van der Waals surface area contributed by atoms with E-state index >= 15 is 0 Å². The monoisotopic (exact) mass is 543 g/mol. The van der Waals surface area contributed by atoms with Crippen LogP contribution in [0.1, 0.15) is 24.0 Å². The zero-order chi connectivity index (χ0) is 28.1. The summed E-state index contributed by atoms with van der Waals surface area (Å²) in [5.74, 6) is -4.24. The van der Waals surface area contributed by atoms with Crippen LogP contribution < -0.4 is 27.4 Å². The van der Waals surface area contributed by atoms with Gasteiger partial charge in [-0.2, -0.15) is 12.6 Å². The lowest BCUT2D eigenvalue weighted by molar-refractivity contribution is -0.141. The van der Waals surface area contributed by atoms with Crippen molar-refractivity contribution in [3.8, 4) is 0 Å². The Morgan fingerprint density at radius 3 is 1.71 bits per heavy atom. The van der Waals surface area contributed by atoms with E-state index in [2.05, 4.69) is 28.6 Å². The Labute approximate surface area is 226 Å². The van der Waals surface area contributed by atoms with Crippen LogP contribution in [0.4, 0.5) is 0 Å². The van der Waals surface area contributed by atoms with E-state index in [1.54, 1.807) is 30.3 Å². The highest BCUT2D eigenvalue weighted by Gasteiger charge is 2.30. The van der Waals surface area contributed by atoms with Crippen molar-refractivity contribution >= 4 is 42.2 Å². The minimum absolute atomic E-state index is 0.0430. The van der Waals surface area contributed by atoms with Crippen molar-refractivity contribution in [1.82, 2.24) is 16.0 Å². The summed E-state index contributed by atoms with van der Waals surface area (Å²) >= 11 is 3.95. The second-order valence-electron chi connectivity index (χ2n) is 8.70. The number of carboxylic acid groups (broad SMARTS) is 1. The van der Waals surface area contributed by atoms with E-state index in [9.17, 15) is 29.1 Å². The van der Waals surface area contributed by atoms with Crippen molar-refractivity contribution in [2.75, 3.05) is 5.75 Å². The minimum Gasteiger partial charge on any atom is -0.480 e. The average Bonchev–Trinajstić information content (AvgIpc) is 2.89. The lowest BCUT2D eigenvalue weighted by Gasteiger charge is -2.25. The van der Waals surface area contributed by atoms with Crippen LogP contribution in [0.25, 0.3) is 0 Å². The maximum atomic E-state index is 13.2. The molecule has 2 rings (SSSR count). The van der Waals surface area contributed by atoms with Crippen molar-refractivity contribution in [1.29, 1.82) is 0 Å². The quantitative estimate of drug-likeness (QED) is 0.148. The summed E-state index contributed by atoms with van der Waals surface area (Å²) in [6.45, 7) is 0. The molecule has 0 bridgehead atoms. The smallest absolute Gasteiger partial charge is 0.327 e. The third-order valence-electron chi connectivity index (χ3n) is 5.66. The number of carbonyl (C=O) groups is 5. The average molecular weight is 544 g/mol. The molecule has 0 radical (unpaired) electrons. The lowest BCUT2D eigenvalue weighted by Crippen LogP contribution is -2.58. The van der Waals surface area contributed by atoms with Crippen LogP contribution in [-0.4, -0.2) is 64.6 Å². The molecule has 8 N–H and O–H groups in total. The van der Waals surface area contributed by atoms with Gasteiger partial charge in [-0.3, -0.25) is 19.2 Å². The molecule has 0 fully saturated rings. The summed E-state index contributed by atoms with van der Waals surface area (Å²) in [6.07, 6.45) is -0.0703. The van der Waals surface area contributed by atoms with Gasteiger partial charge in [-0.1, -0.05) is 60.7 Å². The van der Waals surface area contributed by atoms with Crippen molar-refractivity contribution in [2.45, 2.75) is 49.9 Å². The van der Waals surface area contributed by atoms with E-state index in [-0.39, 0.29) is 31.4 Å². The molecule has 0 spiro atoms. The molecule has 4 atom stereocenters. The molecule has 11 nitrogen and oxygen atoms in total. The predicted molar refractivity (Wildman–Crippen MR) is 144 cm³/mol. The van der Waals surface area contributed by atoms with Gasteiger partial charge < -0.3 is 32.5 Å². The summed E-state index contributed by atoms with van der Waals surface area (Å²) in [5, 5.41) is 16.8. The Balaban J connectivity index is 2.19. The van der Waals surface area contributed by atoms with Gasteiger partial charge in [-0.25, -0.2) is 4.79 Å². The number of aliphatic carboxylic acids is 1. The second-order valence-corrected chi connectivity index (χ2v) is 9.06. The first kappa shape index (κ1) is 30.3. The largest absolute Gasteiger partial charge is 0.480 e. The van der Waals surface area contributed by atoms with Crippen molar-refractivity contribution in [2.24, 2.45) is 11.5 Å². The zero-order valence-corrected chi connectivity index (χ0v) is 21.6. The molecule has 0 heterocycles. The SMILES string of the molecule is NC(=O)CCC(NC(=O)C(N)Cc1ccccc1)C(=O)NC(Cc1ccccc1)C(=O)NC(CS)C(=O)O. The second kappa shape index (κ2) is 15.4. The fourth-order valence-corrected chi connectivity index (χ4v) is 3.83. The maximum absolute atomic E-state index is 13.2. The lowest BCUT2D eigenvalue weighted by atomic mass is 10.0. The normalized spacial score (nSPS) is 13.8. The third kappa shape index (κ3) is 10.2. The molecule has 0 aliphatic rings. The molecule has 0 aliphatic heterocycles. The van der Waals surface area contributed by atoms with Crippen LogP contribution in [-0.2, 0) is 36.8 Å². The number of thiol groups is 1. The summed E-state index contributed by atoms with van der Waals surface area (Å²) in [6, 6.07) is 13.2. The van der Waals surface area contributed by atoms with Crippen LogP contribution in [0.2, 0.25) is 0 Å². The number of benzene rings is 2. The van der Waals surface area contributed by atoms with Crippen LogP contribution in [0.3, 0.4) is 0 Å². The van der Waals surface area contributed by atoms with Crippen molar-refractivity contribution < 1.29 is 29.1 Å². The van der Waals surface area contributed by atoms with Gasteiger partial charge in [-0.05, 0) is 24.0 Å². The van der Waals surface area contributed by atoms with E-state index in [1.807, 2.05) is 30.3 Å². The van der Waals surface area contributed by atoms with Gasteiger partial charge in [0.05, 0.1) is 6.04 Å². The summed E-state index contributed by atoms with van der Waals surface area (Å²) in [5.41, 5.74) is 12.8. The first-order valence-electron chi connectivity index (χ1n) is 12.0. The number of primary amides is 1. The Kier molecular flexibility index (Phi) is 12.3. The number of nitrogens with two attached hydrogens (primary N) is 2. The minimum atomic E-state index is -1.28. The highest BCUT2D eigenvalue weighted by Crippen LogP contribution is 2.07. The number of hydrogen-bond acceptors (Lipinski definition) is 7. The first-order valence-corrected chi connectivity index (χ1v) is 12.6. The maximum Gasteiger partial charge on any atom is 0.327 e. The van der Waals surface area contributed by atoms with Crippen LogP contribution in [0.15, 0.2) is 60.7 Å². The Morgan fingerprint density at radius 1 is 0.737 bits per heavy atom. The Morgan fingerprint density at radius 2 is 1.21 bits per heavy atom. The molecule has 0 aliphatic carbocycles. The van der Waals surface area contributed by atoms with Crippen molar-refractivity contribution in [3.05, 3.63) is 71.8 Å². The predicted octanol–water partition coefficient (Wildman–Crippen LogP) is -0.467. The third-order valence-corrected chi connectivity index (χ3v) is 6.03. The number of hydrogen-bond donors (Lipinski definition) is 7. The first-order chi connectivity index (χ1) is 18.1. The summed E-state index contributed by atoms with van der Waals surface area (Å²) in [7, 11) is 0.